The molecule has 21 heavy (non-hydrogen) atoms. The molecule has 1 aliphatic heterocycles. The van der Waals surface area contributed by atoms with Crippen molar-refractivity contribution in [1.82, 2.24) is 0 Å². The fourth-order valence-corrected chi connectivity index (χ4v) is 2.39. The minimum absolute atomic E-state index is 0.0622. The van der Waals surface area contributed by atoms with Crippen molar-refractivity contribution >= 4 is 18.3 Å². The van der Waals surface area contributed by atoms with Crippen molar-refractivity contribution in [3.8, 4) is 0 Å². The summed E-state index contributed by atoms with van der Waals surface area (Å²) in [6, 6.07) is 2.58. The normalized spacial score (nSPS) is 20.9. The van der Waals surface area contributed by atoms with E-state index in [4.69, 9.17) is 15.0 Å². The van der Waals surface area contributed by atoms with Gasteiger partial charge in [-0.1, -0.05) is 0 Å². The fraction of sp³-hybridized carbons (Fsp3) is 0.571. The van der Waals surface area contributed by atoms with Gasteiger partial charge in [-0.05, 0) is 57.8 Å². The van der Waals surface area contributed by atoms with Crippen LogP contribution < -0.4 is 11.2 Å². The second kappa shape index (κ2) is 4.65. The number of hydrogen-bond acceptors (Lipinski definition) is 3. The van der Waals surface area contributed by atoms with Crippen molar-refractivity contribution in [2.24, 2.45) is 0 Å². The Hall–Kier alpha value is -1.21. The smallest absolute Gasteiger partial charge is 0.399 e. The molecule has 0 unspecified atom stereocenters. The molecule has 2 rings (SSSR count). The first kappa shape index (κ1) is 16.2. The molecule has 0 bridgehead atoms. The third-order valence-electron chi connectivity index (χ3n) is 4.18. The molecule has 0 atom stereocenters. The van der Waals surface area contributed by atoms with Gasteiger partial charge in [-0.15, -0.1) is 0 Å². The summed E-state index contributed by atoms with van der Waals surface area (Å²) < 4.78 is 51.4. The highest BCUT2D eigenvalue weighted by Crippen LogP contribution is 2.39. The monoisotopic (exact) mass is 301 g/mol. The summed E-state index contributed by atoms with van der Waals surface area (Å²) in [4.78, 5) is 0. The molecule has 1 fully saturated rings. The van der Waals surface area contributed by atoms with Crippen molar-refractivity contribution in [2.45, 2.75) is 52.0 Å². The molecule has 1 aromatic rings. The van der Waals surface area contributed by atoms with Crippen LogP contribution in [0.4, 0.5) is 18.9 Å². The molecule has 1 heterocycles. The van der Waals surface area contributed by atoms with Crippen LogP contribution in [0.2, 0.25) is 0 Å². The quantitative estimate of drug-likeness (QED) is 0.641. The molecule has 0 amide bonds. The van der Waals surface area contributed by atoms with Gasteiger partial charge >= 0.3 is 13.3 Å². The Morgan fingerprint density at radius 2 is 1.52 bits per heavy atom. The van der Waals surface area contributed by atoms with E-state index in [1.54, 1.807) is 27.7 Å². The predicted molar refractivity (Wildman–Crippen MR) is 76.3 cm³/mol. The van der Waals surface area contributed by atoms with Crippen LogP contribution in [-0.2, 0) is 15.5 Å². The van der Waals surface area contributed by atoms with Gasteiger partial charge in [0, 0.05) is 5.69 Å². The van der Waals surface area contributed by atoms with Crippen molar-refractivity contribution in [1.29, 1.82) is 0 Å². The summed E-state index contributed by atoms with van der Waals surface area (Å²) in [7, 11) is -1.09. The topological polar surface area (TPSA) is 44.5 Å². The first-order chi connectivity index (χ1) is 9.35. The van der Waals surface area contributed by atoms with Gasteiger partial charge in [-0.2, -0.15) is 13.2 Å². The average molecular weight is 301 g/mol. The Labute approximate surface area is 122 Å². The van der Waals surface area contributed by atoms with Crippen LogP contribution >= 0.6 is 0 Å². The van der Waals surface area contributed by atoms with Crippen LogP contribution in [0.15, 0.2) is 12.1 Å². The van der Waals surface area contributed by atoms with Crippen molar-refractivity contribution in [3.63, 3.8) is 0 Å². The third kappa shape index (κ3) is 2.76. The minimum Gasteiger partial charge on any atom is -0.399 e. The second-order valence-corrected chi connectivity index (χ2v) is 6.39. The van der Waals surface area contributed by atoms with Gasteiger partial charge in [-0.25, -0.2) is 0 Å². The number of rotatable bonds is 1. The maximum absolute atomic E-state index is 13.3. The maximum Gasteiger partial charge on any atom is 0.495 e. The number of alkyl halides is 3. The van der Waals surface area contributed by atoms with Crippen LogP contribution in [0.5, 0.6) is 0 Å². The molecule has 2 N–H and O–H groups in total. The van der Waals surface area contributed by atoms with Crippen LogP contribution in [0.25, 0.3) is 0 Å². The van der Waals surface area contributed by atoms with Crippen LogP contribution in [0, 0.1) is 6.92 Å². The first-order valence-electron chi connectivity index (χ1n) is 6.68. The van der Waals surface area contributed by atoms with Crippen molar-refractivity contribution in [3.05, 3.63) is 23.3 Å². The van der Waals surface area contributed by atoms with E-state index in [-0.39, 0.29) is 16.7 Å². The highest BCUT2D eigenvalue weighted by atomic mass is 19.4. The molecule has 0 spiro atoms. The van der Waals surface area contributed by atoms with E-state index in [1.165, 1.54) is 19.1 Å². The van der Waals surface area contributed by atoms with Gasteiger partial charge in [0.2, 0.25) is 0 Å². The highest BCUT2D eigenvalue weighted by Gasteiger charge is 2.54. The molecule has 0 aliphatic carbocycles. The molecule has 1 aromatic carbocycles. The molecule has 7 heteroatoms. The molecule has 3 nitrogen and oxygen atoms in total. The number of nitrogen functional groups attached to an aromatic ring is 1. The van der Waals surface area contributed by atoms with Crippen molar-refractivity contribution < 1.29 is 22.5 Å². The van der Waals surface area contributed by atoms with E-state index in [0.717, 1.165) is 0 Å². The Bertz CT molecular complexity index is 554. The molecule has 1 saturated heterocycles. The van der Waals surface area contributed by atoms with Gasteiger partial charge in [0.05, 0.1) is 16.8 Å². The molecule has 0 radical (unpaired) electrons. The maximum atomic E-state index is 13.3. The van der Waals surface area contributed by atoms with Crippen LogP contribution in [0.3, 0.4) is 0 Å². The van der Waals surface area contributed by atoms with E-state index in [9.17, 15) is 13.2 Å². The molecule has 1 aliphatic rings. The second-order valence-electron chi connectivity index (χ2n) is 6.39. The number of nitrogens with two attached hydrogens (primary N) is 1. The number of halogens is 3. The highest BCUT2D eigenvalue weighted by molar-refractivity contribution is 6.62. The zero-order chi connectivity index (χ0) is 16.2. The Morgan fingerprint density at radius 3 is 1.95 bits per heavy atom. The molecule has 0 saturated carbocycles. The summed E-state index contributed by atoms with van der Waals surface area (Å²) in [6.45, 7) is 8.55. The fourth-order valence-electron chi connectivity index (χ4n) is 2.39. The standard InChI is InChI=1S/C14H19BF3NO2/c1-8-6-9(19)7-10(11(8)14(16,17)18)15-20-12(2,3)13(4,5)21-15/h6-7H,19H2,1-5H3. The van der Waals surface area contributed by atoms with Crippen LogP contribution in [-0.4, -0.2) is 18.3 Å². The lowest BCUT2D eigenvalue weighted by molar-refractivity contribution is -0.137. The number of anilines is 1. The minimum atomic E-state index is -4.49. The van der Waals surface area contributed by atoms with Gasteiger partial charge < -0.3 is 15.0 Å². The lowest BCUT2D eigenvalue weighted by atomic mass is 9.74. The molecule has 116 valence electrons. The summed E-state index contributed by atoms with van der Waals surface area (Å²) >= 11 is 0. The summed E-state index contributed by atoms with van der Waals surface area (Å²) in [6.07, 6.45) is -4.49. The number of benzene rings is 1. The molecular weight excluding hydrogens is 282 g/mol. The average Bonchev–Trinajstić information content (AvgIpc) is 2.44. The Balaban J connectivity index is 2.56. The number of hydrogen-bond donors (Lipinski definition) is 1. The summed E-state index contributed by atoms with van der Waals surface area (Å²) in [5.74, 6) is 0. The SMILES string of the molecule is Cc1cc(N)cc(B2OC(C)(C)C(C)(C)O2)c1C(F)(F)F. The van der Waals surface area contributed by atoms with Gasteiger partial charge in [0.25, 0.3) is 0 Å². The lowest BCUT2D eigenvalue weighted by Crippen LogP contribution is -2.41. The largest absolute Gasteiger partial charge is 0.495 e. The summed E-state index contributed by atoms with van der Waals surface area (Å²) in [5.41, 5.74) is 3.78. The predicted octanol–water partition coefficient (Wildman–Crippen LogP) is 2.90. The van der Waals surface area contributed by atoms with E-state index >= 15 is 0 Å². The third-order valence-corrected chi connectivity index (χ3v) is 4.18. The van der Waals surface area contributed by atoms with Gasteiger partial charge in [0.1, 0.15) is 0 Å². The lowest BCUT2D eigenvalue weighted by Gasteiger charge is -2.32. The van der Waals surface area contributed by atoms with Gasteiger partial charge in [0.15, 0.2) is 0 Å². The van der Waals surface area contributed by atoms with Gasteiger partial charge in [-0.3, -0.25) is 0 Å². The zero-order valence-corrected chi connectivity index (χ0v) is 12.8. The van der Waals surface area contributed by atoms with Crippen molar-refractivity contribution in [2.75, 3.05) is 5.73 Å². The number of aryl methyl sites for hydroxylation is 1. The van der Waals surface area contributed by atoms with Crippen LogP contribution in [0.1, 0.15) is 38.8 Å². The Kier molecular flexibility index (Phi) is 3.58. The van der Waals surface area contributed by atoms with E-state index in [2.05, 4.69) is 0 Å². The van der Waals surface area contributed by atoms with E-state index < -0.39 is 30.1 Å². The zero-order valence-electron chi connectivity index (χ0n) is 12.8. The van der Waals surface area contributed by atoms with E-state index in [0.29, 0.717) is 0 Å². The van der Waals surface area contributed by atoms with E-state index in [1.807, 2.05) is 0 Å². The first-order valence-corrected chi connectivity index (χ1v) is 6.68. The molecule has 0 aromatic heterocycles. The Morgan fingerprint density at radius 1 is 1.05 bits per heavy atom. The molecular formula is C14H19BF3NO2. The summed E-state index contributed by atoms with van der Waals surface area (Å²) in [5, 5.41) is 0.